The number of ketones is 1. The summed E-state index contributed by atoms with van der Waals surface area (Å²) in [6.07, 6.45) is 0. The Balaban J connectivity index is 2.08. The highest BCUT2D eigenvalue weighted by Gasteiger charge is 2.45. The predicted molar refractivity (Wildman–Crippen MR) is 116 cm³/mol. The van der Waals surface area contributed by atoms with Crippen molar-refractivity contribution in [1.82, 2.24) is 9.80 Å². The molecule has 2 aromatic carbocycles. The fraction of sp³-hybridized carbons (Fsp3) is 0.333. The van der Waals surface area contributed by atoms with Gasteiger partial charge in [0.25, 0.3) is 11.7 Å². The first-order valence-electron chi connectivity index (χ1n) is 10.3. The van der Waals surface area contributed by atoms with Gasteiger partial charge in [-0.2, -0.15) is 0 Å². The molecule has 0 aromatic heterocycles. The van der Waals surface area contributed by atoms with Crippen LogP contribution in [0.4, 0.5) is 4.39 Å². The summed E-state index contributed by atoms with van der Waals surface area (Å²) in [5, 5.41) is 10.9. The number of carbonyl (C=O) groups excluding carboxylic acids is 2. The minimum absolute atomic E-state index is 0.00122. The number of nitrogens with zero attached hydrogens (tertiary/aromatic N) is 2. The molecule has 1 amide bonds. The quantitative estimate of drug-likeness (QED) is 0.397. The van der Waals surface area contributed by atoms with Crippen LogP contribution in [-0.4, -0.2) is 59.9 Å². The number of likely N-dealkylation sites (N-methyl/N-ethyl adjacent to an activating group) is 1. The van der Waals surface area contributed by atoms with Crippen LogP contribution in [0.1, 0.15) is 31.0 Å². The first kappa shape index (κ1) is 22.5. The summed E-state index contributed by atoms with van der Waals surface area (Å²) in [5.41, 5.74) is 0.964. The van der Waals surface area contributed by atoms with Crippen LogP contribution in [0.5, 0.6) is 5.75 Å². The number of methoxy groups -OCH3 is 1. The molecule has 31 heavy (non-hydrogen) atoms. The predicted octanol–water partition coefficient (Wildman–Crippen LogP) is 3.60. The number of ether oxygens (including phenoxy) is 1. The molecule has 3 rings (SSSR count). The molecule has 6 nitrogen and oxygen atoms in total. The number of halogens is 1. The summed E-state index contributed by atoms with van der Waals surface area (Å²) in [7, 11) is 1.56. The molecule has 2 aromatic rings. The number of amides is 1. The van der Waals surface area contributed by atoms with E-state index in [1.165, 1.54) is 29.2 Å². The van der Waals surface area contributed by atoms with Crippen molar-refractivity contribution in [2.75, 3.05) is 33.3 Å². The van der Waals surface area contributed by atoms with Gasteiger partial charge in [0.1, 0.15) is 17.3 Å². The second kappa shape index (κ2) is 9.75. The highest BCUT2D eigenvalue weighted by Crippen LogP contribution is 2.39. The SMILES string of the molecule is CCN(CC)CCN1C(=O)C(=O)/C(=C(/O)c2ccc(F)cc2)C1c1ccc(OC)cc1. The van der Waals surface area contributed by atoms with Crippen molar-refractivity contribution in [1.29, 1.82) is 0 Å². The molecule has 1 heterocycles. The molecule has 1 unspecified atom stereocenters. The molecule has 1 aliphatic heterocycles. The van der Waals surface area contributed by atoms with Crippen molar-refractivity contribution in [3.8, 4) is 5.75 Å². The Morgan fingerprint density at radius 2 is 1.68 bits per heavy atom. The highest BCUT2D eigenvalue weighted by atomic mass is 19.1. The topological polar surface area (TPSA) is 70.1 Å². The van der Waals surface area contributed by atoms with E-state index in [1.807, 2.05) is 13.8 Å². The molecular formula is C24H27FN2O4. The lowest BCUT2D eigenvalue weighted by Crippen LogP contribution is -2.38. The molecule has 0 radical (unpaired) electrons. The number of hydrogen-bond acceptors (Lipinski definition) is 5. The maximum Gasteiger partial charge on any atom is 0.295 e. The maximum atomic E-state index is 13.3. The van der Waals surface area contributed by atoms with E-state index in [4.69, 9.17) is 4.74 Å². The smallest absolute Gasteiger partial charge is 0.295 e. The Morgan fingerprint density at radius 3 is 2.23 bits per heavy atom. The molecular weight excluding hydrogens is 399 g/mol. The average Bonchev–Trinajstić information content (AvgIpc) is 3.04. The number of aliphatic hydroxyl groups is 1. The molecule has 0 aliphatic carbocycles. The first-order valence-corrected chi connectivity index (χ1v) is 10.3. The van der Waals surface area contributed by atoms with E-state index in [0.29, 0.717) is 24.4 Å². The fourth-order valence-corrected chi connectivity index (χ4v) is 3.80. The molecule has 1 aliphatic rings. The van der Waals surface area contributed by atoms with Gasteiger partial charge in [-0.05, 0) is 55.1 Å². The van der Waals surface area contributed by atoms with Crippen LogP contribution < -0.4 is 4.74 Å². The number of benzene rings is 2. The summed E-state index contributed by atoms with van der Waals surface area (Å²) in [5.74, 6) is -1.53. The van der Waals surface area contributed by atoms with Gasteiger partial charge in [0, 0.05) is 18.7 Å². The van der Waals surface area contributed by atoms with Crippen molar-refractivity contribution in [3.63, 3.8) is 0 Å². The van der Waals surface area contributed by atoms with E-state index < -0.39 is 23.5 Å². The Labute approximate surface area is 181 Å². The number of likely N-dealkylation sites (tertiary alicyclic amines) is 1. The zero-order chi connectivity index (χ0) is 22.5. The molecule has 0 spiro atoms. The van der Waals surface area contributed by atoms with Crippen molar-refractivity contribution < 1.29 is 23.8 Å². The molecule has 7 heteroatoms. The van der Waals surface area contributed by atoms with Gasteiger partial charge in [-0.15, -0.1) is 0 Å². The first-order chi connectivity index (χ1) is 14.9. The van der Waals surface area contributed by atoms with Crippen LogP contribution in [0.3, 0.4) is 0 Å². The van der Waals surface area contributed by atoms with E-state index in [0.717, 1.165) is 13.1 Å². The normalized spacial score (nSPS) is 18.1. The molecule has 0 saturated carbocycles. The fourth-order valence-electron chi connectivity index (χ4n) is 3.80. The number of carbonyl (C=O) groups is 2. The Kier molecular flexibility index (Phi) is 7.07. The van der Waals surface area contributed by atoms with E-state index >= 15 is 0 Å². The van der Waals surface area contributed by atoms with E-state index in [1.54, 1.807) is 31.4 Å². The number of hydrogen-bond donors (Lipinski definition) is 1. The van der Waals surface area contributed by atoms with Gasteiger partial charge in [0.05, 0.1) is 18.7 Å². The van der Waals surface area contributed by atoms with Gasteiger partial charge < -0.3 is 19.6 Å². The second-order valence-corrected chi connectivity index (χ2v) is 7.30. The lowest BCUT2D eigenvalue weighted by atomic mass is 9.95. The summed E-state index contributed by atoms with van der Waals surface area (Å²) in [6.45, 7) is 6.65. The van der Waals surface area contributed by atoms with Crippen molar-refractivity contribution in [2.24, 2.45) is 0 Å². The molecule has 1 atom stereocenters. The van der Waals surface area contributed by atoms with Gasteiger partial charge in [-0.1, -0.05) is 26.0 Å². The van der Waals surface area contributed by atoms with Gasteiger partial charge in [-0.25, -0.2) is 4.39 Å². The summed E-state index contributed by atoms with van der Waals surface area (Å²) in [4.78, 5) is 29.6. The molecule has 164 valence electrons. The second-order valence-electron chi connectivity index (χ2n) is 7.30. The summed E-state index contributed by atoms with van der Waals surface area (Å²) in [6, 6.07) is 11.5. The Bertz CT molecular complexity index is 966. The van der Waals surface area contributed by atoms with Gasteiger partial charge >= 0.3 is 0 Å². The van der Waals surface area contributed by atoms with Crippen molar-refractivity contribution in [3.05, 3.63) is 71.0 Å². The van der Waals surface area contributed by atoms with Crippen molar-refractivity contribution >= 4 is 17.4 Å². The minimum atomic E-state index is -0.748. The van der Waals surface area contributed by atoms with Gasteiger partial charge in [0.15, 0.2) is 0 Å². The van der Waals surface area contributed by atoms with Crippen LogP contribution in [0.25, 0.3) is 5.76 Å². The third kappa shape index (κ3) is 4.61. The standard InChI is InChI=1S/C24H27FN2O4/c1-4-26(5-2)14-15-27-21(16-8-12-19(31-3)13-9-16)20(23(29)24(27)30)22(28)17-6-10-18(25)11-7-17/h6-13,21,28H,4-5,14-15H2,1-3H3/b22-20+. The van der Waals surface area contributed by atoms with E-state index in [-0.39, 0.29) is 16.9 Å². The number of rotatable bonds is 8. The molecule has 1 fully saturated rings. The molecule has 1 saturated heterocycles. The van der Waals surface area contributed by atoms with Crippen LogP contribution in [0.15, 0.2) is 54.1 Å². The molecule has 1 N–H and O–H groups in total. The number of aliphatic hydroxyl groups excluding tert-OH is 1. The summed E-state index contributed by atoms with van der Waals surface area (Å²) < 4.78 is 18.6. The Hall–Kier alpha value is -3.19. The number of Topliss-reactive ketones (excluding diaryl/α,β-unsaturated/α-hetero) is 1. The Morgan fingerprint density at radius 1 is 1.06 bits per heavy atom. The monoisotopic (exact) mass is 426 g/mol. The average molecular weight is 426 g/mol. The van der Waals surface area contributed by atoms with Gasteiger partial charge in [0.2, 0.25) is 0 Å². The van der Waals surface area contributed by atoms with E-state index in [2.05, 4.69) is 4.90 Å². The third-order valence-electron chi connectivity index (χ3n) is 5.64. The third-order valence-corrected chi connectivity index (χ3v) is 5.64. The van der Waals surface area contributed by atoms with Crippen molar-refractivity contribution in [2.45, 2.75) is 19.9 Å². The largest absolute Gasteiger partial charge is 0.507 e. The maximum absolute atomic E-state index is 13.3. The van der Waals surface area contributed by atoms with Crippen LogP contribution >= 0.6 is 0 Å². The van der Waals surface area contributed by atoms with Crippen LogP contribution in [-0.2, 0) is 9.59 Å². The zero-order valence-corrected chi connectivity index (χ0v) is 18.0. The van der Waals surface area contributed by atoms with Crippen LogP contribution in [0, 0.1) is 5.82 Å². The minimum Gasteiger partial charge on any atom is -0.507 e. The summed E-state index contributed by atoms with van der Waals surface area (Å²) >= 11 is 0. The zero-order valence-electron chi connectivity index (χ0n) is 18.0. The lowest BCUT2D eigenvalue weighted by Gasteiger charge is -2.28. The van der Waals surface area contributed by atoms with E-state index in [9.17, 15) is 19.1 Å². The highest BCUT2D eigenvalue weighted by molar-refractivity contribution is 6.46. The van der Waals surface area contributed by atoms with Gasteiger partial charge in [-0.3, -0.25) is 9.59 Å². The van der Waals surface area contributed by atoms with Crippen LogP contribution in [0.2, 0.25) is 0 Å². The lowest BCUT2D eigenvalue weighted by molar-refractivity contribution is -0.140. The molecule has 0 bridgehead atoms.